The Labute approximate surface area is 186 Å². The van der Waals surface area contributed by atoms with Gasteiger partial charge >= 0.3 is 5.97 Å². The third-order valence-electron chi connectivity index (χ3n) is 4.68. The summed E-state index contributed by atoms with van der Waals surface area (Å²) in [7, 11) is 0. The van der Waals surface area contributed by atoms with Crippen molar-refractivity contribution >= 4 is 29.4 Å². The van der Waals surface area contributed by atoms with E-state index in [1.54, 1.807) is 24.3 Å². The normalized spacial score (nSPS) is 14.3. The van der Waals surface area contributed by atoms with Crippen LogP contribution in [0.25, 0.3) is 11.8 Å². The topological polar surface area (TPSA) is 44.8 Å². The van der Waals surface area contributed by atoms with E-state index in [4.69, 9.17) is 25.8 Å². The zero-order valence-electron chi connectivity index (χ0n) is 17.0. The summed E-state index contributed by atoms with van der Waals surface area (Å²) in [6.07, 6.45) is 3.50. The van der Waals surface area contributed by atoms with Gasteiger partial charge in [-0.15, -0.1) is 0 Å². The third-order valence-corrected chi connectivity index (χ3v) is 4.93. The largest absolute Gasteiger partial charge is 0.490 e. The molecule has 0 amide bonds. The molecule has 156 valence electrons. The number of rotatable bonds is 7. The molecule has 31 heavy (non-hydrogen) atoms. The Morgan fingerprint density at radius 1 is 0.935 bits per heavy atom. The fraction of sp³-hybridized carbons (Fsp3) is 0.115. The van der Waals surface area contributed by atoms with Gasteiger partial charge in [-0.1, -0.05) is 48.0 Å². The van der Waals surface area contributed by atoms with Crippen molar-refractivity contribution in [1.29, 1.82) is 0 Å². The Morgan fingerprint density at radius 3 is 2.45 bits per heavy atom. The molecular weight excluding hydrogens is 412 g/mol. The first-order chi connectivity index (χ1) is 15.1. The van der Waals surface area contributed by atoms with Crippen LogP contribution in [0.1, 0.15) is 23.6 Å². The highest BCUT2D eigenvalue weighted by Gasteiger charge is 2.22. The first kappa shape index (κ1) is 20.8. The molecule has 1 heterocycles. The zero-order chi connectivity index (χ0) is 21.6. The lowest BCUT2D eigenvalue weighted by molar-refractivity contribution is -0.130. The van der Waals surface area contributed by atoms with Crippen molar-refractivity contribution in [2.75, 3.05) is 6.61 Å². The van der Waals surface area contributed by atoms with Crippen molar-refractivity contribution in [3.63, 3.8) is 0 Å². The lowest BCUT2D eigenvalue weighted by Crippen LogP contribution is -2.00. The molecular formula is C26H21ClO4. The minimum Gasteiger partial charge on any atom is -0.490 e. The summed E-state index contributed by atoms with van der Waals surface area (Å²) in [5.74, 6) is 1.38. The fourth-order valence-corrected chi connectivity index (χ4v) is 3.29. The van der Waals surface area contributed by atoms with Gasteiger partial charge in [0.2, 0.25) is 0 Å². The van der Waals surface area contributed by atoms with Gasteiger partial charge in [-0.05, 0) is 66.6 Å². The number of carbonyl (C=O) groups excluding carboxylic acids is 1. The Morgan fingerprint density at radius 2 is 1.71 bits per heavy atom. The number of esters is 1. The van der Waals surface area contributed by atoms with Crippen LogP contribution >= 0.6 is 11.6 Å². The smallest absolute Gasteiger partial charge is 0.343 e. The van der Waals surface area contributed by atoms with Crippen LogP contribution in [0.15, 0.2) is 84.4 Å². The van der Waals surface area contributed by atoms with Gasteiger partial charge in [0, 0.05) is 10.6 Å². The van der Waals surface area contributed by atoms with Gasteiger partial charge in [0.05, 0.1) is 12.2 Å². The predicted molar refractivity (Wildman–Crippen MR) is 122 cm³/mol. The van der Waals surface area contributed by atoms with Gasteiger partial charge in [0.25, 0.3) is 0 Å². The van der Waals surface area contributed by atoms with E-state index in [0.717, 1.165) is 16.7 Å². The molecule has 0 radical (unpaired) electrons. The maximum atomic E-state index is 12.3. The summed E-state index contributed by atoms with van der Waals surface area (Å²) in [5, 5.41) is 0.627. The number of carbonyl (C=O) groups is 1. The standard InChI is InChI=1S/C26H21ClO4/c1-2-29-25-15-19(8-13-23(25)30-17-18-6-4-3-5-7-18)14-21-16-24(31-26(21)28)20-9-11-22(27)12-10-20/h3-16H,2,17H2,1H3/b21-14+. The number of halogens is 1. The predicted octanol–water partition coefficient (Wildman–Crippen LogP) is 6.30. The van der Waals surface area contributed by atoms with E-state index in [-0.39, 0.29) is 0 Å². The number of benzene rings is 3. The van der Waals surface area contributed by atoms with E-state index in [1.807, 2.05) is 67.6 Å². The SMILES string of the molecule is CCOc1cc(/C=C2\C=C(c3ccc(Cl)cc3)OC2=O)ccc1OCc1ccccc1. The molecule has 0 atom stereocenters. The second-order valence-electron chi connectivity index (χ2n) is 6.92. The highest BCUT2D eigenvalue weighted by molar-refractivity contribution is 6.30. The molecule has 5 heteroatoms. The molecule has 0 fully saturated rings. The van der Waals surface area contributed by atoms with Gasteiger partial charge in [0.1, 0.15) is 12.4 Å². The van der Waals surface area contributed by atoms with E-state index >= 15 is 0 Å². The Balaban J connectivity index is 1.56. The zero-order valence-corrected chi connectivity index (χ0v) is 17.8. The van der Waals surface area contributed by atoms with Crippen LogP contribution in [0.4, 0.5) is 0 Å². The summed E-state index contributed by atoms with van der Waals surface area (Å²) in [5.41, 5.74) is 3.15. The summed E-state index contributed by atoms with van der Waals surface area (Å²) in [6.45, 7) is 2.87. The highest BCUT2D eigenvalue weighted by atomic mass is 35.5. The van der Waals surface area contributed by atoms with Crippen LogP contribution in [-0.4, -0.2) is 12.6 Å². The summed E-state index contributed by atoms with van der Waals surface area (Å²) in [6, 6.07) is 22.7. The lowest BCUT2D eigenvalue weighted by Gasteiger charge is -2.13. The quantitative estimate of drug-likeness (QED) is 0.324. The molecule has 0 saturated carbocycles. The number of ether oxygens (including phenoxy) is 3. The van der Waals surface area contributed by atoms with E-state index in [0.29, 0.717) is 41.1 Å². The Bertz CT molecular complexity index is 1130. The van der Waals surface area contributed by atoms with Gasteiger partial charge in [0.15, 0.2) is 11.5 Å². The van der Waals surface area contributed by atoms with Gasteiger partial charge in [-0.3, -0.25) is 0 Å². The maximum Gasteiger partial charge on any atom is 0.343 e. The van der Waals surface area contributed by atoms with Crippen molar-refractivity contribution in [2.45, 2.75) is 13.5 Å². The summed E-state index contributed by atoms with van der Waals surface area (Å²) >= 11 is 5.93. The monoisotopic (exact) mass is 432 g/mol. The van der Waals surface area contributed by atoms with E-state index < -0.39 is 5.97 Å². The molecule has 0 N–H and O–H groups in total. The minimum absolute atomic E-state index is 0.396. The van der Waals surface area contributed by atoms with Crippen molar-refractivity contribution < 1.29 is 19.0 Å². The summed E-state index contributed by atoms with van der Waals surface area (Å²) < 4.78 is 17.1. The Hall–Kier alpha value is -3.50. The van der Waals surface area contributed by atoms with Crippen LogP contribution in [0.3, 0.4) is 0 Å². The van der Waals surface area contributed by atoms with Crippen molar-refractivity contribution in [1.82, 2.24) is 0 Å². The van der Waals surface area contributed by atoms with Gasteiger partial charge in [-0.25, -0.2) is 4.79 Å². The molecule has 0 aromatic heterocycles. The third kappa shape index (κ3) is 5.16. The van der Waals surface area contributed by atoms with Crippen molar-refractivity contribution in [3.05, 3.63) is 106 Å². The molecule has 4 rings (SSSR count). The van der Waals surface area contributed by atoms with Crippen LogP contribution in [0, 0.1) is 0 Å². The molecule has 3 aromatic carbocycles. The molecule has 0 unspecified atom stereocenters. The van der Waals surface area contributed by atoms with E-state index in [9.17, 15) is 4.79 Å². The first-order valence-corrected chi connectivity index (χ1v) is 10.4. The molecule has 4 nitrogen and oxygen atoms in total. The maximum absolute atomic E-state index is 12.3. The van der Waals surface area contributed by atoms with Crippen LogP contribution < -0.4 is 9.47 Å². The average Bonchev–Trinajstić information content (AvgIpc) is 3.15. The molecule has 0 aliphatic carbocycles. The number of hydrogen-bond acceptors (Lipinski definition) is 4. The average molecular weight is 433 g/mol. The van der Waals surface area contributed by atoms with Gasteiger partial charge in [-0.2, -0.15) is 0 Å². The second kappa shape index (κ2) is 9.54. The summed E-state index contributed by atoms with van der Waals surface area (Å²) in [4.78, 5) is 12.3. The van der Waals surface area contributed by atoms with Crippen molar-refractivity contribution in [3.8, 4) is 11.5 Å². The molecule has 1 aliphatic heterocycles. The lowest BCUT2D eigenvalue weighted by atomic mass is 10.1. The van der Waals surface area contributed by atoms with Crippen LogP contribution in [0.2, 0.25) is 5.02 Å². The minimum atomic E-state index is -0.396. The first-order valence-electron chi connectivity index (χ1n) is 9.97. The molecule has 0 bridgehead atoms. The van der Waals surface area contributed by atoms with Crippen molar-refractivity contribution in [2.24, 2.45) is 0 Å². The Kier molecular flexibility index (Phi) is 6.39. The number of hydrogen-bond donors (Lipinski definition) is 0. The second-order valence-corrected chi connectivity index (χ2v) is 7.35. The molecule has 1 aliphatic rings. The van der Waals surface area contributed by atoms with E-state index in [1.165, 1.54) is 0 Å². The molecule has 3 aromatic rings. The molecule has 0 saturated heterocycles. The van der Waals surface area contributed by atoms with E-state index in [2.05, 4.69) is 0 Å². The highest BCUT2D eigenvalue weighted by Crippen LogP contribution is 2.32. The van der Waals surface area contributed by atoms with Gasteiger partial charge < -0.3 is 14.2 Å². The fourth-order valence-electron chi connectivity index (χ4n) is 3.16. The van der Waals surface area contributed by atoms with Crippen LogP contribution in [-0.2, 0) is 16.1 Å². The number of cyclic esters (lactones) is 1. The van der Waals surface area contributed by atoms with Crippen LogP contribution in [0.5, 0.6) is 11.5 Å². The molecule has 0 spiro atoms.